The van der Waals surface area contributed by atoms with Crippen molar-refractivity contribution in [2.45, 2.75) is 52.7 Å². The molecule has 0 bridgehead atoms. The highest BCUT2D eigenvalue weighted by atomic mass is 16.5. The third kappa shape index (κ3) is 17.4. The molecule has 0 heterocycles. The molecule has 0 aliphatic heterocycles. The van der Waals surface area contributed by atoms with Crippen molar-refractivity contribution in [3.63, 3.8) is 0 Å². The van der Waals surface area contributed by atoms with Gasteiger partial charge < -0.3 is 24.3 Å². The van der Waals surface area contributed by atoms with Gasteiger partial charge in [-0.1, -0.05) is 0 Å². The van der Waals surface area contributed by atoms with E-state index in [2.05, 4.69) is 5.32 Å². The zero-order valence-corrected chi connectivity index (χ0v) is 14.6. The predicted molar refractivity (Wildman–Crippen MR) is 88.2 cm³/mol. The largest absolute Gasteiger partial charge is 0.379 e. The number of amides is 1. The van der Waals surface area contributed by atoms with Gasteiger partial charge in [0.05, 0.1) is 45.2 Å². The molecule has 0 aromatic heterocycles. The lowest BCUT2D eigenvalue weighted by Crippen LogP contribution is -2.27. The number of nitrogens with one attached hydrogen (secondary N) is 1. The van der Waals surface area contributed by atoms with Gasteiger partial charge in [-0.15, -0.1) is 0 Å². The Balaban J connectivity index is 0. The first-order valence-electron chi connectivity index (χ1n) is 8.17. The van der Waals surface area contributed by atoms with Gasteiger partial charge in [0.1, 0.15) is 0 Å². The van der Waals surface area contributed by atoms with Crippen LogP contribution in [-0.2, 0) is 23.7 Å². The molecule has 0 saturated heterocycles. The fourth-order valence-corrected chi connectivity index (χ4v) is 1.57. The summed E-state index contributed by atoms with van der Waals surface area (Å²) in [6, 6.07) is 0. The van der Waals surface area contributed by atoms with E-state index < -0.39 is 0 Å². The third-order valence-electron chi connectivity index (χ3n) is 2.62. The molecule has 6 heteroatoms. The second kappa shape index (κ2) is 15.2. The van der Waals surface area contributed by atoms with Crippen molar-refractivity contribution in [2.24, 2.45) is 0 Å². The summed E-state index contributed by atoms with van der Waals surface area (Å²) in [6.45, 7) is 11.9. The molecule has 1 N–H and O–H groups in total. The molecule has 0 unspecified atom stereocenters. The molecule has 0 radical (unpaired) electrons. The smallest absolute Gasteiger partial charge is 0.220 e. The van der Waals surface area contributed by atoms with Crippen molar-refractivity contribution in [2.75, 3.05) is 46.2 Å². The lowest BCUT2D eigenvalue weighted by atomic mass is 10.3. The van der Waals surface area contributed by atoms with Crippen LogP contribution in [0, 0.1) is 0 Å². The van der Waals surface area contributed by atoms with Gasteiger partial charge >= 0.3 is 0 Å². The van der Waals surface area contributed by atoms with Crippen LogP contribution in [0.4, 0.5) is 0 Å². The summed E-state index contributed by atoms with van der Waals surface area (Å²) in [6.07, 6.45) is 1.69. The van der Waals surface area contributed by atoms with E-state index in [1.165, 1.54) is 0 Å². The molecule has 0 rings (SSSR count). The molecule has 1 amide bonds. The second-order valence-electron chi connectivity index (χ2n) is 5.52. The zero-order valence-electron chi connectivity index (χ0n) is 14.6. The highest BCUT2D eigenvalue weighted by molar-refractivity contribution is 5.75. The molecule has 0 aromatic carbocycles. The number of ether oxygens (including phenoxy) is 4. The van der Waals surface area contributed by atoms with Gasteiger partial charge in [0, 0.05) is 21.0 Å². The van der Waals surface area contributed by atoms with Crippen LogP contribution in [-0.4, -0.2) is 64.3 Å². The first kappa shape index (κ1) is 21.3. The Labute approximate surface area is 136 Å². The topological polar surface area (TPSA) is 66.0 Å². The van der Waals surface area contributed by atoms with E-state index in [9.17, 15) is 4.79 Å². The average molecular weight is 321 g/mol. The molecule has 0 saturated carbocycles. The van der Waals surface area contributed by atoms with Crippen LogP contribution >= 0.6 is 0 Å². The van der Waals surface area contributed by atoms with Gasteiger partial charge in [0.2, 0.25) is 5.91 Å². The number of hydrogen-bond acceptors (Lipinski definition) is 5. The molecule has 6 nitrogen and oxygen atoms in total. The van der Waals surface area contributed by atoms with Crippen molar-refractivity contribution in [1.29, 1.82) is 0 Å². The molecule has 0 atom stereocenters. The van der Waals surface area contributed by atoms with Gasteiger partial charge in [-0.25, -0.2) is 0 Å². The fraction of sp³-hybridized carbons (Fsp3) is 0.938. The maximum absolute atomic E-state index is 11.5. The first-order valence-corrected chi connectivity index (χ1v) is 8.17. The maximum Gasteiger partial charge on any atom is 0.220 e. The molecule has 0 aromatic rings. The van der Waals surface area contributed by atoms with E-state index >= 15 is 0 Å². The Morgan fingerprint density at radius 1 is 0.864 bits per heavy atom. The summed E-state index contributed by atoms with van der Waals surface area (Å²) in [5, 5.41) is 2.81. The van der Waals surface area contributed by atoms with Crippen LogP contribution in [0.15, 0.2) is 0 Å². The van der Waals surface area contributed by atoms with Crippen LogP contribution in [0.1, 0.15) is 42.0 Å². The molecule has 22 heavy (non-hydrogen) atoms. The van der Waals surface area contributed by atoms with Crippen molar-refractivity contribution < 1.29 is 25.2 Å². The van der Waals surface area contributed by atoms with Crippen LogP contribution in [0.2, 0.25) is 0 Å². The van der Waals surface area contributed by atoms with Crippen LogP contribution < -0.4 is 5.32 Å². The molecule has 134 valence electrons. The Kier molecular flexibility index (Phi) is 14.7. The maximum atomic E-state index is 11.5. The molecule has 0 fully saturated rings. The van der Waals surface area contributed by atoms with Crippen molar-refractivity contribution in [3.8, 4) is 0 Å². The normalized spacial score (nSPS) is 11.4. The Hall–Kier alpha value is -0.690. The quantitative estimate of drug-likeness (QED) is 0.467. The number of hydrogen-bond donors (Lipinski definition) is 1. The second-order valence-corrected chi connectivity index (χ2v) is 5.52. The molecular formula is C16H35NO5. The van der Waals surface area contributed by atoms with Crippen LogP contribution in [0.5, 0.6) is 0 Å². The van der Waals surface area contributed by atoms with Crippen molar-refractivity contribution in [1.82, 2.24) is 5.32 Å². The monoisotopic (exact) mass is 321 g/mol. The van der Waals surface area contributed by atoms with Gasteiger partial charge in [-0.3, -0.25) is 4.79 Å². The predicted octanol–water partition coefficient (Wildman–Crippen LogP) is 2.01. The van der Waals surface area contributed by atoms with Crippen LogP contribution in [0.3, 0.4) is 0 Å². The highest BCUT2D eigenvalue weighted by Crippen LogP contribution is 1.94. The Morgan fingerprint density at radius 2 is 1.41 bits per heavy atom. The Bertz CT molecular complexity index is 265. The fourth-order valence-electron chi connectivity index (χ4n) is 1.57. The molecule has 0 aliphatic carbocycles. The highest BCUT2D eigenvalue weighted by Gasteiger charge is 2.01. The van der Waals surface area contributed by atoms with E-state index in [-0.39, 0.29) is 19.5 Å². The van der Waals surface area contributed by atoms with Gasteiger partial charge in [-0.2, -0.15) is 0 Å². The van der Waals surface area contributed by atoms with Crippen LogP contribution in [0.25, 0.3) is 0 Å². The van der Waals surface area contributed by atoms with E-state index in [4.69, 9.17) is 18.9 Å². The summed E-state index contributed by atoms with van der Waals surface area (Å²) in [4.78, 5) is 11.5. The van der Waals surface area contributed by atoms with Crippen molar-refractivity contribution >= 4 is 5.91 Å². The molecule has 0 aliphatic rings. The van der Waals surface area contributed by atoms with E-state index in [0.717, 1.165) is 6.42 Å². The number of rotatable bonds is 15. The first-order chi connectivity index (χ1) is 10.5. The van der Waals surface area contributed by atoms with E-state index in [1.54, 1.807) is 0 Å². The van der Waals surface area contributed by atoms with Crippen molar-refractivity contribution in [3.05, 3.63) is 0 Å². The van der Waals surface area contributed by atoms with E-state index in [0.29, 0.717) is 52.6 Å². The van der Waals surface area contributed by atoms with E-state index in [1.807, 2.05) is 27.7 Å². The lowest BCUT2D eigenvalue weighted by molar-refractivity contribution is -0.121. The van der Waals surface area contributed by atoms with Gasteiger partial charge in [-0.05, 0) is 34.1 Å². The Morgan fingerprint density at radius 3 is 2.05 bits per heavy atom. The summed E-state index contributed by atoms with van der Waals surface area (Å²) in [7, 11) is 0. The summed E-state index contributed by atoms with van der Waals surface area (Å²) < 4.78 is 21.4. The summed E-state index contributed by atoms with van der Waals surface area (Å²) in [5.74, 6) is 0.0399. The lowest BCUT2D eigenvalue weighted by Gasteiger charge is -2.09. The average Bonchev–Trinajstić information content (AvgIpc) is 2.45. The standard InChI is InChI=1S/C16H33NO5.H2/c1-14(2)21-8-5-6-16(18)17-7-9-19-10-11-20-12-13-22-15(3)4;/h14-15H,5-13H2,1-4H3,(H,17,18);1H. The minimum absolute atomic E-state index is 0. The number of carbonyl (C=O) groups is 1. The van der Waals surface area contributed by atoms with Gasteiger partial charge in [0.15, 0.2) is 0 Å². The third-order valence-corrected chi connectivity index (χ3v) is 2.62. The SMILES string of the molecule is CC(C)OCCCC(=O)NCCOCCOCCOC(C)C.[HH]. The molecular weight excluding hydrogens is 286 g/mol. The van der Waals surface area contributed by atoms with Gasteiger partial charge in [0.25, 0.3) is 0 Å². The number of carbonyl (C=O) groups excluding carboxylic acids is 1. The minimum Gasteiger partial charge on any atom is -0.379 e. The molecule has 0 spiro atoms. The minimum atomic E-state index is 0. The summed E-state index contributed by atoms with van der Waals surface area (Å²) >= 11 is 0. The zero-order chi connectivity index (χ0) is 16.6. The summed E-state index contributed by atoms with van der Waals surface area (Å²) in [5.41, 5.74) is 0.